The zero-order chi connectivity index (χ0) is 16.5. The molecular formula is C13H19N3O5S. The number of benzene rings is 1. The Labute approximate surface area is 129 Å². The molecule has 2 rings (SSSR count). The summed E-state index contributed by atoms with van der Waals surface area (Å²) in [5, 5.41) is 14.2. The van der Waals surface area contributed by atoms with E-state index in [1.54, 1.807) is 0 Å². The van der Waals surface area contributed by atoms with Crippen LogP contribution in [0, 0.1) is 10.1 Å². The molecule has 1 aromatic rings. The molecule has 22 heavy (non-hydrogen) atoms. The summed E-state index contributed by atoms with van der Waals surface area (Å²) >= 11 is 0. The summed E-state index contributed by atoms with van der Waals surface area (Å²) < 4.78 is 32.1. The number of rotatable bonds is 4. The van der Waals surface area contributed by atoms with Crippen LogP contribution in [0.3, 0.4) is 0 Å². The molecule has 1 aliphatic rings. The molecule has 0 radical (unpaired) electrons. The lowest BCUT2D eigenvalue weighted by Crippen LogP contribution is -2.55. The van der Waals surface area contributed by atoms with E-state index in [2.05, 4.69) is 5.32 Å². The number of non-ortho nitro benzene ring substituents is 1. The fourth-order valence-electron chi connectivity index (χ4n) is 2.59. The van der Waals surface area contributed by atoms with Crippen LogP contribution in [0.5, 0.6) is 5.75 Å². The van der Waals surface area contributed by atoms with Gasteiger partial charge in [-0.3, -0.25) is 10.1 Å². The van der Waals surface area contributed by atoms with Gasteiger partial charge in [0, 0.05) is 37.3 Å². The number of hydrogen-bond acceptors (Lipinski definition) is 6. The van der Waals surface area contributed by atoms with Crippen molar-refractivity contribution in [3.05, 3.63) is 28.3 Å². The Balaban J connectivity index is 2.48. The number of nitro benzene ring substituents is 1. The third kappa shape index (κ3) is 3.21. The minimum absolute atomic E-state index is 0.00298. The van der Waals surface area contributed by atoms with Crippen molar-refractivity contribution in [1.82, 2.24) is 9.62 Å². The first-order valence-corrected chi connectivity index (χ1v) is 8.28. The number of nitro groups is 1. The molecule has 1 aliphatic heterocycles. The van der Waals surface area contributed by atoms with E-state index in [1.165, 1.54) is 23.5 Å². The molecule has 0 aliphatic carbocycles. The molecule has 0 amide bonds. The molecule has 1 heterocycles. The maximum atomic E-state index is 12.8. The van der Waals surface area contributed by atoms with Gasteiger partial charge in [0.25, 0.3) is 5.69 Å². The summed E-state index contributed by atoms with van der Waals surface area (Å²) in [6.45, 7) is 4.39. The van der Waals surface area contributed by atoms with Crippen LogP contribution >= 0.6 is 0 Å². The van der Waals surface area contributed by atoms with Crippen molar-refractivity contribution in [2.45, 2.75) is 30.8 Å². The van der Waals surface area contributed by atoms with Gasteiger partial charge in [0.2, 0.25) is 10.0 Å². The summed E-state index contributed by atoms with van der Waals surface area (Å²) in [6, 6.07) is 3.58. The van der Waals surface area contributed by atoms with Crippen LogP contribution in [0.4, 0.5) is 5.69 Å². The normalized spacial score (nSPS) is 23.2. The topological polar surface area (TPSA) is 102 Å². The lowest BCUT2D eigenvalue weighted by Gasteiger charge is -2.35. The highest BCUT2D eigenvalue weighted by Gasteiger charge is 2.34. The zero-order valence-electron chi connectivity index (χ0n) is 12.6. The smallest absolute Gasteiger partial charge is 0.271 e. The van der Waals surface area contributed by atoms with Gasteiger partial charge < -0.3 is 10.1 Å². The summed E-state index contributed by atoms with van der Waals surface area (Å²) in [7, 11) is -2.53. The fourth-order valence-corrected chi connectivity index (χ4v) is 4.39. The first-order chi connectivity index (χ1) is 10.3. The van der Waals surface area contributed by atoms with Crippen molar-refractivity contribution >= 4 is 15.7 Å². The van der Waals surface area contributed by atoms with Crippen molar-refractivity contribution in [3.8, 4) is 5.75 Å². The number of nitrogens with one attached hydrogen (secondary N) is 1. The van der Waals surface area contributed by atoms with Crippen LogP contribution in [-0.4, -0.2) is 49.9 Å². The van der Waals surface area contributed by atoms with E-state index >= 15 is 0 Å². The first kappa shape index (κ1) is 16.7. The van der Waals surface area contributed by atoms with Crippen molar-refractivity contribution < 1.29 is 18.1 Å². The van der Waals surface area contributed by atoms with E-state index in [1.807, 2.05) is 13.8 Å². The minimum Gasteiger partial charge on any atom is -0.495 e. The van der Waals surface area contributed by atoms with Gasteiger partial charge >= 0.3 is 0 Å². The number of sulfonamides is 1. The molecule has 1 fully saturated rings. The Hall–Kier alpha value is -1.71. The second-order valence-corrected chi connectivity index (χ2v) is 7.29. The minimum atomic E-state index is -3.86. The lowest BCUT2D eigenvalue weighted by molar-refractivity contribution is -0.385. The van der Waals surface area contributed by atoms with Crippen LogP contribution in [0.2, 0.25) is 0 Å². The largest absolute Gasteiger partial charge is 0.495 e. The summed E-state index contributed by atoms with van der Waals surface area (Å²) in [5.41, 5.74) is -0.282. The molecule has 122 valence electrons. The van der Waals surface area contributed by atoms with Gasteiger partial charge in [0.05, 0.1) is 12.0 Å². The van der Waals surface area contributed by atoms with Gasteiger partial charge in [0.15, 0.2) is 0 Å². The van der Waals surface area contributed by atoms with Gasteiger partial charge in [-0.05, 0) is 19.9 Å². The molecule has 9 heteroatoms. The number of piperazine rings is 1. The van der Waals surface area contributed by atoms with Crippen molar-refractivity contribution in [3.63, 3.8) is 0 Å². The second kappa shape index (κ2) is 6.19. The molecule has 1 N–H and O–H groups in total. The van der Waals surface area contributed by atoms with Gasteiger partial charge in [-0.2, -0.15) is 4.31 Å². The Bertz CT molecular complexity index is 666. The average molecular weight is 329 g/mol. The predicted molar refractivity (Wildman–Crippen MR) is 80.5 cm³/mol. The zero-order valence-corrected chi connectivity index (χ0v) is 13.5. The summed E-state index contributed by atoms with van der Waals surface area (Å²) in [4.78, 5) is 10.1. The van der Waals surface area contributed by atoms with Crippen molar-refractivity contribution in [2.75, 3.05) is 20.2 Å². The van der Waals surface area contributed by atoms with E-state index in [9.17, 15) is 18.5 Å². The summed E-state index contributed by atoms with van der Waals surface area (Å²) in [6.07, 6.45) is 0. The van der Waals surface area contributed by atoms with Crippen LogP contribution in [-0.2, 0) is 10.0 Å². The molecule has 8 nitrogen and oxygen atoms in total. The van der Waals surface area contributed by atoms with Crippen LogP contribution < -0.4 is 10.1 Å². The highest BCUT2D eigenvalue weighted by atomic mass is 32.2. The molecule has 0 spiro atoms. The quantitative estimate of drug-likeness (QED) is 0.652. The monoisotopic (exact) mass is 329 g/mol. The molecular weight excluding hydrogens is 310 g/mol. The standard InChI is InChI=1S/C13H19N3O5S/c1-9-7-15(8-10(2)14-9)22(19,20)13-6-11(16(17)18)4-5-12(13)21-3/h4-6,9-10,14H,7-8H2,1-3H3. The molecule has 0 bridgehead atoms. The van der Waals surface area contributed by atoms with Crippen LogP contribution in [0.1, 0.15) is 13.8 Å². The maximum Gasteiger partial charge on any atom is 0.271 e. The van der Waals surface area contributed by atoms with Gasteiger partial charge in [0.1, 0.15) is 10.6 Å². The lowest BCUT2D eigenvalue weighted by atomic mass is 10.2. The fraction of sp³-hybridized carbons (Fsp3) is 0.538. The number of hydrogen-bond donors (Lipinski definition) is 1. The highest BCUT2D eigenvalue weighted by molar-refractivity contribution is 7.89. The average Bonchev–Trinajstić information content (AvgIpc) is 2.45. The summed E-state index contributed by atoms with van der Waals surface area (Å²) in [5.74, 6) is 0.101. The third-order valence-electron chi connectivity index (χ3n) is 3.50. The van der Waals surface area contributed by atoms with E-state index in [-0.39, 0.29) is 28.4 Å². The Morgan fingerprint density at radius 1 is 1.32 bits per heavy atom. The molecule has 1 saturated heterocycles. The SMILES string of the molecule is COc1ccc([N+](=O)[O-])cc1S(=O)(=O)N1CC(C)NC(C)C1. The van der Waals surface area contributed by atoms with Crippen molar-refractivity contribution in [1.29, 1.82) is 0 Å². The molecule has 2 unspecified atom stereocenters. The van der Waals surface area contributed by atoms with Gasteiger partial charge in [-0.25, -0.2) is 8.42 Å². The first-order valence-electron chi connectivity index (χ1n) is 6.84. The second-order valence-electron chi connectivity index (χ2n) is 5.38. The molecule has 0 saturated carbocycles. The van der Waals surface area contributed by atoms with Gasteiger partial charge in [-0.1, -0.05) is 0 Å². The van der Waals surface area contributed by atoms with E-state index < -0.39 is 14.9 Å². The third-order valence-corrected chi connectivity index (χ3v) is 5.35. The van der Waals surface area contributed by atoms with E-state index in [0.29, 0.717) is 13.1 Å². The van der Waals surface area contributed by atoms with E-state index in [4.69, 9.17) is 4.74 Å². The Morgan fingerprint density at radius 2 is 1.91 bits per heavy atom. The molecule has 0 aromatic heterocycles. The number of nitrogens with zero attached hydrogens (tertiary/aromatic N) is 2. The van der Waals surface area contributed by atoms with E-state index in [0.717, 1.165) is 6.07 Å². The molecule has 1 aromatic carbocycles. The molecule has 2 atom stereocenters. The predicted octanol–water partition coefficient (Wildman–Crippen LogP) is 0.974. The van der Waals surface area contributed by atoms with Crippen molar-refractivity contribution in [2.24, 2.45) is 0 Å². The van der Waals surface area contributed by atoms with Gasteiger partial charge in [-0.15, -0.1) is 0 Å². The maximum absolute atomic E-state index is 12.8. The number of methoxy groups -OCH3 is 1. The van der Waals surface area contributed by atoms with Crippen LogP contribution in [0.25, 0.3) is 0 Å². The number of ether oxygens (including phenoxy) is 1. The Kier molecular flexibility index (Phi) is 4.69. The van der Waals surface area contributed by atoms with Crippen LogP contribution in [0.15, 0.2) is 23.1 Å². The Morgan fingerprint density at radius 3 is 2.41 bits per heavy atom. The highest BCUT2D eigenvalue weighted by Crippen LogP contribution is 2.31.